The van der Waals surface area contributed by atoms with Crippen LogP contribution in [-0.2, 0) is 14.3 Å². The fourth-order valence-corrected chi connectivity index (χ4v) is 2.32. The Balaban J connectivity index is 1.83. The Morgan fingerprint density at radius 1 is 1.29 bits per heavy atom. The monoisotopic (exact) mass is 287 g/mol. The summed E-state index contributed by atoms with van der Waals surface area (Å²) in [4.78, 5) is 23.7. The highest BCUT2D eigenvalue weighted by molar-refractivity contribution is 5.93. The van der Waals surface area contributed by atoms with E-state index in [-0.39, 0.29) is 24.4 Å². The molecule has 0 fully saturated rings. The van der Waals surface area contributed by atoms with E-state index in [2.05, 4.69) is 11.4 Å². The highest BCUT2D eigenvalue weighted by Crippen LogP contribution is 2.19. The van der Waals surface area contributed by atoms with E-state index in [0.29, 0.717) is 6.42 Å². The molecule has 2 rings (SSSR count). The number of nitrogens with one attached hydrogen (secondary N) is 1. The lowest BCUT2D eigenvalue weighted by molar-refractivity contribution is -0.151. The second kappa shape index (κ2) is 7.07. The Bertz CT molecular complexity index is 563. The topological polar surface area (TPSA) is 55.4 Å². The third-order valence-electron chi connectivity index (χ3n) is 3.62. The smallest absolute Gasteiger partial charge is 0.309 e. The lowest BCUT2D eigenvalue weighted by Gasteiger charge is -2.16. The number of ether oxygens (including phenoxy) is 1. The van der Waals surface area contributed by atoms with Crippen LogP contribution < -0.4 is 5.32 Å². The Morgan fingerprint density at radius 3 is 2.81 bits per heavy atom. The van der Waals surface area contributed by atoms with Crippen LogP contribution in [0.2, 0.25) is 0 Å². The summed E-state index contributed by atoms with van der Waals surface area (Å²) in [6.07, 6.45) is 6.46. The molecule has 1 aromatic carbocycles. The summed E-state index contributed by atoms with van der Waals surface area (Å²) in [5, 5.41) is 2.78. The van der Waals surface area contributed by atoms with E-state index in [1.165, 1.54) is 0 Å². The van der Waals surface area contributed by atoms with Crippen molar-refractivity contribution in [2.75, 3.05) is 11.9 Å². The van der Waals surface area contributed by atoms with Gasteiger partial charge in [-0.3, -0.25) is 9.59 Å². The molecule has 1 amide bonds. The zero-order chi connectivity index (χ0) is 15.2. The molecule has 1 aliphatic rings. The van der Waals surface area contributed by atoms with Crippen LogP contribution in [0.25, 0.3) is 0 Å². The molecule has 1 atom stereocenters. The molecule has 0 heterocycles. The van der Waals surface area contributed by atoms with Gasteiger partial charge in [0.1, 0.15) is 0 Å². The van der Waals surface area contributed by atoms with Gasteiger partial charge >= 0.3 is 5.97 Å². The molecule has 0 radical (unpaired) electrons. The summed E-state index contributed by atoms with van der Waals surface area (Å²) in [5.74, 6) is -0.692. The molecular weight excluding hydrogens is 266 g/mol. The number of aryl methyl sites for hydroxylation is 2. The van der Waals surface area contributed by atoms with Crippen LogP contribution in [0.1, 0.15) is 30.4 Å². The maximum Gasteiger partial charge on any atom is 0.309 e. The van der Waals surface area contributed by atoms with Crippen LogP contribution in [0.5, 0.6) is 0 Å². The van der Waals surface area contributed by atoms with E-state index < -0.39 is 0 Å². The predicted octanol–water partition coefficient (Wildman–Crippen LogP) is 3.14. The zero-order valence-corrected chi connectivity index (χ0v) is 12.5. The van der Waals surface area contributed by atoms with Gasteiger partial charge in [-0.1, -0.05) is 24.3 Å². The second-order valence-corrected chi connectivity index (χ2v) is 5.46. The van der Waals surface area contributed by atoms with Gasteiger partial charge in [0.25, 0.3) is 5.91 Å². The minimum Gasteiger partial charge on any atom is -0.455 e. The molecule has 0 spiro atoms. The number of benzene rings is 1. The van der Waals surface area contributed by atoms with Crippen molar-refractivity contribution in [1.82, 2.24) is 0 Å². The second-order valence-electron chi connectivity index (χ2n) is 5.46. The van der Waals surface area contributed by atoms with Crippen LogP contribution in [-0.4, -0.2) is 18.5 Å². The van der Waals surface area contributed by atoms with Crippen molar-refractivity contribution in [3.63, 3.8) is 0 Å². The fraction of sp³-hybridized carbons (Fsp3) is 0.412. The lowest BCUT2D eigenvalue weighted by Crippen LogP contribution is -2.25. The predicted molar refractivity (Wildman–Crippen MR) is 82.0 cm³/mol. The van der Waals surface area contributed by atoms with E-state index in [4.69, 9.17) is 4.74 Å². The Hall–Kier alpha value is -2.10. The summed E-state index contributed by atoms with van der Waals surface area (Å²) < 4.78 is 5.10. The summed E-state index contributed by atoms with van der Waals surface area (Å²) >= 11 is 0. The molecule has 0 aromatic heterocycles. The number of esters is 1. The Kier molecular flexibility index (Phi) is 5.14. The molecule has 4 nitrogen and oxygen atoms in total. The molecule has 0 aliphatic heterocycles. The molecule has 1 aromatic rings. The minimum atomic E-state index is -0.302. The Labute approximate surface area is 125 Å². The number of carbonyl (C=O) groups is 2. The van der Waals surface area contributed by atoms with Crippen molar-refractivity contribution in [3.8, 4) is 0 Å². The third kappa shape index (κ3) is 4.45. The summed E-state index contributed by atoms with van der Waals surface area (Å²) in [6.45, 7) is 3.66. The molecule has 0 saturated carbocycles. The van der Waals surface area contributed by atoms with Gasteiger partial charge in [-0.05, 0) is 50.3 Å². The van der Waals surface area contributed by atoms with Crippen molar-refractivity contribution in [1.29, 1.82) is 0 Å². The molecule has 21 heavy (non-hydrogen) atoms. The first-order valence-corrected chi connectivity index (χ1v) is 7.25. The van der Waals surface area contributed by atoms with Gasteiger partial charge in [-0.25, -0.2) is 0 Å². The number of allylic oxidation sites excluding steroid dienone is 2. The van der Waals surface area contributed by atoms with E-state index in [9.17, 15) is 9.59 Å². The number of amides is 1. The summed E-state index contributed by atoms with van der Waals surface area (Å²) in [5.41, 5.74) is 2.82. The van der Waals surface area contributed by atoms with Crippen LogP contribution in [0.4, 0.5) is 5.69 Å². The van der Waals surface area contributed by atoms with Crippen molar-refractivity contribution in [2.45, 2.75) is 33.1 Å². The minimum absolute atomic E-state index is 0.108. The van der Waals surface area contributed by atoms with Crippen molar-refractivity contribution in [3.05, 3.63) is 41.5 Å². The van der Waals surface area contributed by atoms with Gasteiger partial charge in [-0.15, -0.1) is 0 Å². The quantitative estimate of drug-likeness (QED) is 0.683. The molecule has 0 unspecified atom stereocenters. The van der Waals surface area contributed by atoms with Gasteiger partial charge in [0.2, 0.25) is 0 Å². The molecule has 1 aliphatic carbocycles. The van der Waals surface area contributed by atoms with Gasteiger partial charge < -0.3 is 10.1 Å². The third-order valence-corrected chi connectivity index (χ3v) is 3.62. The van der Waals surface area contributed by atoms with Gasteiger partial charge in [0.05, 0.1) is 5.92 Å². The first-order chi connectivity index (χ1) is 10.1. The van der Waals surface area contributed by atoms with E-state index >= 15 is 0 Å². The molecule has 0 bridgehead atoms. The SMILES string of the molecule is Cc1ccc(C)c(NC(=O)COC(=O)[C@H]2CC=CCC2)c1. The number of carbonyl (C=O) groups excluding carboxylic acids is 2. The number of hydrogen-bond acceptors (Lipinski definition) is 3. The highest BCUT2D eigenvalue weighted by atomic mass is 16.5. The number of hydrogen-bond donors (Lipinski definition) is 1. The largest absolute Gasteiger partial charge is 0.455 e. The van der Waals surface area contributed by atoms with Crippen LogP contribution in [0.3, 0.4) is 0 Å². The van der Waals surface area contributed by atoms with E-state index in [0.717, 1.165) is 29.7 Å². The summed E-state index contributed by atoms with van der Waals surface area (Å²) in [7, 11) is 0. The van der Waals surface area contributed by atoms with Gasteiger partial charge in [0.15, 0.2) is 6.61 Å². The Morgan fingerprint density at radius 2 is 2.10 bits per heavy atom. The maximum absolute atomic E-state index is 11.9. The van der Waals surface area contributed by atoms with Crippen molar-refractivity contribution >= 4 is 17.6 Å². The normalized spacial score (nSPS) is 17.3. The first-order valence-electron chi connectivity index (χ1n) is 7.25. The fourth-order valence-electron chi connectivity index (χ4n) is 2.32. The molecular formula is C17H21NO3. The molecule has 4 heteroatoms. The maximum atomic E-state index is 11.9. The standard InChI is InChI=1S/C17H21NO3/c1-12-8-9-13(2)15(10-12)18-16(19)11-21-17(20)14-6-4-3-5-7-14/h3-4,8-10,14H,5-7,11H2,1-2H3,(H,18,19)/t14-/m0/s1. The molecule has 1 N–H and O–H groups in total. The average Bonchev–Trinajstić information content (AvgIpc) is 2.49. The molecule has 0 saturated heterocycles. The average molecular weight is 287 g/mol. The van der Waals surface area contributed by atoms with Gasteiger partial charge in [-0.2, -0.15) is 0 Å². The van der Waals surface area contributed by atoms with Crippen LogP contribution in [0.15, 0.2) is 30.4 Å². The van der Waals surface area contributed by atoms with Crippen LogP contribution >= 0.6 is 0 Å². The summed E-state index contributed by atoms with van der Waals surface area (Å²) in [6, 6.07) is 5.84. The number of rotatable bonds is 4. The van der Waals surface area contributed by atoms with E-state index in [1.54, 1.807) is 0 Å². The van der Waals surface area contributed by atoms with Crippen LogP contribution in [0, 0.1) is 19.8 Å². The molecule has 112 valence electrons. The zero-order valence-electron chi connectivity index (χ0n) is 12.5. The van der Waals surface area contributed by atoms with E-state index in [1.807, 2.05) is 38.1 Å². The van der Waals surface area contributed by atoms with Gasteiger partial charge in [0, 0.05) is 5.69 Å². The van der Waals surface area contributed by atoms with Crippen molar-refractivity contribution in [2.24, 2.45) is 5.92 Å². The van der Waals surface area contributed by atoms with Crippen molar-refractivity contribution < 1.29 is 14.3 Å². The first kappa shape index (κ1) is 15.3. The lowest BCUT2D eigenvalue weighted by atomic mass is 9.95. The highest BCUT2D eigenvalue weighted by Gasteiger charge is 2.21. The number of anilines is 1.